The van der Waals surface area contributed by atoms with Crippen LogP contribution < -0.4 is 10.0 Å². The van der Waals surface area contributed by atoms with Crippen molar-refractivity contribution in [3.63, 3.8) is 0 Å². The fourth-order valence-electron chi connectivity index (χ4n) is 5.36. The van der Waals surface area contributed by atoms with E-state index in [1.807, 2.05) is 0 Å². The number of amides is 2. The highest BCUT2D eigenvalue weighted by Crippen LogP contribution is 2.39. The molecule has 1 aliphatic heterocycles. The zero-order chi connectivity index (χ0) is 22.8. The van der Waals surface area contributed by atoms with Crippen LogP contribution in [0.4, 0.5) is 10.5 Å². The van der Waals surface area contributed by atoms with E-state index in [0.717, 1.165) is 55.3 Å². The van der Waals surface area contributed by atoms with Crippen molar-refractivity contribution in [2.75, 3.05) is 5.32 Å². The Morgan fingerprint density at radius 3 is 2.31 bits per heavy atom. The second kappa shape index (κ2) is 7.10. The van der Waals surface area contributed by atoms with Gasteiger partial charge in [-0.2, -0.15) is 0 Å². The van der Waals surface area contributed by atoms with E-state index in [2.05, 4.69) is 16.1 Å². The van der Waals surface area contributed by atoms with Crippen LogP contribution in [0.15, 0.2) is 17.2 Å². The average Bonchev–Trinajstić information content (AvgIpc) is 3.38. The number of nitrogens with zero attached hydrogens (tertiary/aromatic N) is 1. The van der Waals surface area contributed by atoms with Crippen molar-refractivity contribution >= 4 is 27.7 Å². The van der Waals surface area contributed by atoms with Crippen LogP contribution in [0.1, 0.15) is 65.0 Å². The summed E-state index contributed by atoms with van der Waals surface area (Å²) in [6, 6.07) is 1.47. The number of aryl methyl sites for hydroxylation is 3. The summed E-state index contributed by atoms with van der Waals surface area (Å²) < 4.78 is 35.3. The summed E-state index contributed by atoms with van der Waals surface area (Å²) in [6.07, 6.45) is 7.41. The number of aromatic nitrogens is 1. The molecule has 2 heterocycles. The Labute approximate surface area is 187 Å². The number of carbonyl (C=O) groups is 2. The maximum Gasteiger partial charge on any atom is 0.355 e. The third-order valence-corrected chi connectivity index (χ3v) is 8.02. The Balaban J connectivity index is 1.45. The molecule has 2 aliphatic carbocycles. The molecule has 0 fully saturated rings. The van der Waals surface area contributed by atoms with Gasteiger partial charge >= 0.3 is 12.0 Å². The van der Waals surface area contributed by atoms with Gasteiger partial charge < -0.3 is 14.6 Å². The van der Waals surface area contributed by atoms with Crippen LogP contribution in [0.3, 0.4) is 0 Å². The first kappa shape index (κ1) is 21.1. The van der Waals surface area contributed by atoms with Crippen LogP contribution in [0.2, 0.25) is 0 Å². The highest BCUT2D eigenvalue weighted by atomic mass is 32.2. The molecule has 0 saturated heterocycles. The smallest absolute Gasteiger partial charge is 0.355 e. The van der Waals surface area contributed by atoms with Crippen LogP contribution in [-0.2, 0) is 53.9 Å². The van der Waals surface area contributed by atoms with Crippen LogP contribution in [0, 0.1) is 0 Å². The van der Waals surface area contributed by atoms with E-state index in [9.17, 15) is 18.0 Å². The monoisotopic (exact) mass is 457 g/mol. The minimum Gasteiger partial charge on any atom is -0.455 e. The second-order valence-electron chi connectivity index (χ2n) is 9.55. The molecule has 2 N–H and O–H groups in total. The summed E-state index contributed by atoms with van der Waals surface area (Å²) in [7, 11) is -2.60. The van der Waals surface area contributed by atoms with E-state index in [1.165, 1.54) is 21.9 Å². The largest absolute Gasteiger partial charge is 0.455 e. The van der Waals surface area contributed by atoms with Gasteiger partial charge in [0.25, 0.3) is 10.0 Å². The number of hydrogen-bond acceptors (Lipinski definition) is 5. The lowest BCUT2D eigenvalue weighted by atomic mass is 9.95. The van der Waals surface area contributed by atoms with Gasteiger partial charge in [-0.3, -0.25) is 0 Å². The van der Waals surface area contributed by atoms with Gasteiger partial charge in [-0.05, 0) is 74.6 Å². The molecule has 1 aromatic heterocycles. The van der Waals surface area contributed by atoms with E-state index in [0.29, 0.717) is 5.56 Å². The summed E-state index contributed by atoms with van der Waals surface area (Å²) in [5, 5.41) is 2.85. The lowest BCUT2D eigenvalue weighted by molar-refractivity contribution is -0.00796. The van der Waals surface area contributed by atoms with Crippen molar-refractivity contribution in [1.29, 1.82) is 0 Å². The number of carbonyl (C=O) groups excluding carboxylic acids is 2. The van der Waals surface area contributed by atoms with Gasteiger partial charge in [0.05, 0.1) is 0 Å². The van der Waals surface area contributed by atoms with Gasteiger partial charge in [0.2, 0.25) is 0 Å². The molecule has 0 bridgehead atoms. The van der Waals surface area contributed by atoms with E-state index < -0.39 is 27.6 Å². The molecule has 0 atom stereocenters. The fourth-order valence-corrected chi connectivity index (χ4v) is 6.56. The first-order valence-corrected chi connectivity index (χ1v) is 12.5. The first-order valence-electron chi connectivity index (χ1n) is 11.0. The SMILES string of the molecule is Cn1cc(S(=O)(=O)NC(=O)Nc2c3c(cc4c2CCC4)CCC3)c2c1C(=O)OC(C)(C)C2. The quantitative estimate of drug-likeness (QED) is 0.689. The number of esters is 1. The Bertz CT molecular complexity index is 1240. The maximum atomic E-state index is 13.2. The van der Waals surface area contributed by atoms with Gasteiger partial charge in [0.15, 0.2) is 0 Å². The number of anilines is 1. The summed E-state index contributed by atoms with van der Waals surface area (Å²) >= 11 is 0. The number of rotatable bonds is 3. The molecule has 0 spiro atoms. The van der Waals surface area contributed by atoms with E-state index in [1.54, 1.807) is 20.9 Å². The molecular formula is C23H27N3O5S. The first-order chi connectivity index (χ1) is 15.1. The minimum absolute atomic E-state index is 0.0709. The van der Waals surface area contributed by atoms with E-state index in [-0.39, 0.29) is 17.0 Å². The highest BCUT2D eigenvalue weighted by molar-refractivity contribution is 7.90. The number of benzene rings is 1. The summed E-state index contributed by atoms with van der Waals surface area (Å²) in [4.78, 5) is 25.2. The predicted octanol–water partition coefficient (Wildman–Crippen LogP) is 3.00. The van der Waals surface area contributed by atoms with Crippen molar-refractivity contribution in [3.8, 4) is 0 Å². The Kier molecular flexibility index (Phi) is 4.67. The lowest BCUT2D eigenvalue weighted by Gasteiger charge is -2.30. The molecule has 0 radical (unpaired) electrons. The van der Waals surface area contributed by atoms with Gasteiger partial charge in [-0.15, -0.1) is 0 Å². The molecule has 32 heavy (non-hydrogen) atoms. The van der Waals surface area contributed by atoms with Crippen LogP contribution in [0.5, 0.6) is 0 Å². The number of nitrogens with one attached hydrogen (secondary N) is 2. The summed E-state index contributed by atoms with van der Waals surface area (Å²) in [5.74, 6) is -0.569. The van der Waals surface area contributed by atoms with Crippen molar-refractivity contribution in [1.82, 2.24) is 9.29 Å². The molecule has 9 heteroatoms. The number of urea groups is 1. The Morgan fingerprint density at radius 1 is 1.06 bits per heavy atom. The Hall–Kier alpha value is -2.81. The van der Waals surface area contributed by atoms with Crippen molar-refractivity contribution in [3.05, 3.63) is 45.8 Å². The summed E-state index contributed by atoms with van der Waals surface area (Å²) in [5.41, 5.74) is 5.27. The number of ether oxygens (including phenoxy) is 1. The standard InChI is InChI=1S/C23H27N3O5S/c1-23(2)11-17-18(12-26(3)20(17)21(27)31-23)32(29,30)25-22(28)24-19-15-8-4-6-13(15)10-14-7-5-9-16(14)19/h10,12H,4-9,11H2,1-3H3,(H2,24,25,28). The maximum absolute atomic E-state index is 13.2. The molecule has 0 unspecified atom stereocenters. The third-order valence-electron chi connectivity index (χ3n) is 6.64. The van der Waals surface area contributed by atoms with Crippen molar-refractivity contribution in [2.24, 2.45) is 7.05 Å². The summed E-state index contributed by atoms with van der Waals surface area (Å²) in [6.45, 7) is 3.46. The van der Waals surface area contributed by atoms with Gasteiger partial charge in [-0.25, -0.2) is 22.7 Å². The number of cyclic esters (lactones) is 1. The molecule has 2 amide bonds. The molecular weight excluding hydrogens is 430 g/mol. The van der Waals surface area contributed by atoms with Crippen molar-refractivity contribution in [2.45, 2.75) is 69.3 Å². The third kappa shape index (κ3) is 3.39. The van der Waals surface area contributed by atoms with E-state index in [4.69, 9.17) is 4.74 Å². The van der Waals surface area contributed by atoms with Crippen molar-refractivity contribution < 1.29 is 22.7 Å². The molecule has 5 rings (SSSR count). The zero-order valence-electron chi connectivity index (χ0n) is 18.5. The molecule has 1 aromatic carbocycles. The number of sulfonamides is 1. The topological polar surface area (TPSA) is 107 Å². The van der Waals surface area contributed by atoms with E-state index >= 15 is 0 Å². The molecule has 8 nitrogen and oxygen atoms in total. The highest BCUT2D eigenvalue weighted by Gasteiger charge is 2.39. The molecule has 170 valence electrons. The average molecular weight is 458 g/mol. The normalized spacial score (nSPS) is 18.5. The Morgan fingerprint density at radius 2 is 1.69 bits per heavy atom. The van der Waals surface area contributed by atoms with Gasteiger partial charge in [-0.1, -0.05) is 6.07 Å². The lowest BCUT2D eigenvalue weighted by Crippen LogP contribution is -2.38. The molecule has 2 aromatic rings. The van der Waals surface area contributed by atoms with Gasteiger partial charge in [0, 0.05) is 30.9 Å². The minimum atomic E-state index is -4.19. The number of fused-ring (bicyclic) bond motifs is 3. The fraction of sp³-hybridized carbons (Fsp3) is 0.478. The van der Waals surface area contributed by atoms with Crippen LogP contribution >= 0.6 is 0 Å². The second-order valence-corrected chi connectivity index (χ2v) is 11.2. The predicted molar refractivity (Wildman–Crippen MR) is 118 cm³/mol. The zero-order valence-corrected chi connectivity index (χ0v) is 19.3. The van der Waals surface area contributed by atoms with Crippen LogP contribution in [-0.4, -0.2) is 30.6 Å². The number of hydrogen-bond donors (Lipinski definition) is 2. The van der Waals surface area contributed by atoms with Gasteiger partial charge in [0.1, 0.15) is 16.2 Å². The molecule has 3 aliphatic rings. The molecule has 0 saturated carbocycles. The van der Waals surface area contributed by atoms with Crippen LogP contribution in [0.25, 0.3) is 0 Å².